The molecule has 18 heavy (non-hydrogen) atoms. The number of anilines is 1. The molecule has 0 amide bonds. The van der Waals surface area contributed by atoms with Crippen LogP contribution in [0.15, 0.2) is 36.7 Å². The van der Waals surface area contributed by atoms with Gasteiger partial charge in [0.05, 0.1) is 5.56 Å². The van der Waals surface area contributed by atoms with E-state index in [1.54, 1.807) is 19.2 Å². The molecule has 0 aliphatic rings. The number of halogens is 3. The maximum atomic E-state index is 12.7. The Morgan fingerprint density at radius 1 is 1.11 bits per heavy atom. The minimum absolute atomic E-state index is 0.305. The first kappa shape index (κ1) is 12.4. The molecule has 0 unspecified atom stereocenters. The number of nitrogen functional groups attached to an aromatic ring is 1. The first-order chi connectivity index (χ1) is 8.39. The summed E-state index contributed by atoms with van der Waals surface area (Å²) in [7, 11) is 0. The summed E-state index contributed by atoms with van der Waals surface area (Å²) in [5.74, 6) is 0. The Balaban J connectivity index is 2.61. The van der Waals surface area contributed by atoms with Gasteiger partial charge in [-0.1, -0.05) is 0 Å². The molecule has 0 atom stereocenters. The van der Waals surface area contributed by atoms with E-state index < -0.39 is 11.7 Å². The molecule has 1 aromatic carbocycles. The zero-order valence-electron chi connectivity index (χ0n) is 9.62. The van der Waals surface area contributed by atoms with Crippen molar-refractivity contribution >= 4 is 5.69 Å². The zero-order chi connectivity index (χ0) is 13.3. The highest BCUT2D eigenvalue weighted by molar-refractivity contribution is 5.78. The molecule has 0 saturated heterocycles. The average molecular weight is 252 g/mol. The lowest BCUT2D eigenvalue weighted by molar-refractivity contribution is -0.137. The van der Waals surface area contributed by atoms with E-state index in [0.29, 0.717) is 16.8 Å². The molecule has 2 nitrogen and oxygen atoms in total. The third-order valence-electron chi connectivity index (χ3n) is 2.71. The molecule has 0 spiro atoms. The molecule has 0 aliphatic carbocycles. The maximum Gasteiger partial charge on any atom is 0.416 e. The Labute approximate surface area is 102 Å². The second kappa shape index (κ2) is 4.33. The summed E-state index contributed by atoms with van der Waals surface area (Å²) in [6.07, 6.45) is -1.28. The van der Waals surface area contributed by atoms with Crippen LogP contribution in [0.25, 0.3) is 11.1 Å². The van der Waals surface area contributed by atoms with Gasteiger partial charge in [0.2, 0.25) is 0 Å². The number of nitrogens with zero attached hydrogens (tertiary/aromatic N) is 1. The zero-order valence-corrected chi connectivity index (χ0v) is 9.62. The van der Waals surface area contributed by atoms with Crippen molar-refractivity contribution in [1.29, 1.82) is 0 Å². The Hall–Kier alpha value is -2.04. The molecule has 1 aromatic heterocycles. The van der Waals surface area contributed by atoms with Crippen LogP contribution in [-0.2, 0) is 6.18 Å². The van der Waals surface area contributed by atoms with E-state index in [4.69, 9.17) is 5.73 Å². The van der Waals surface area contributed by atoms with Crippen LogP contribution in [0.4, 0.5) is 18.9 Å². The third kappa shape index (κ3) is 2.30. The summed E-state index contributed by atoms with van der Waals surface area (Å²) >= 11 is 0. The highest BCUT2D eigenvalue weighted by Crippen LogP contribution is 2.35. The molecule has 0 fully saturated rings. The summed E-state index contributed by atoms with van der Waals surface area (Å²) in [6, 6.07) is 5.03. The van der Waals surface area contributed by atoms with E-state index in [1.807, 2.05) is 0 Å². The predicted octanol–water partition coefficient (Wildman–Crippen LogP) is 3.66. The van der Waals surface area contributed by atoms with Crippen LogP contribution < -0.4 is 5.73 Å². The summed E-state index contributed by atoms with van der Waals surface area (Å²) in [5, 5.41) is 0. The summed E-state index contributed by atoms with van der Waals surface area (Å²) < 4.78 is 38.0. The second-order valence-corrected chi connectivity index (χ2v) is 3.99. The van der Waals surface area contributed by atoms with E-state index in [-0.39, 0.29) is 0 Å². The van der Waals surface area contributed by atoms with Crippen LogP contribution in [0.1, 0.15) is 11.1 Å². The van der Waals surface area contributed by atoms with Gasteiger partial charge < -0.3 is 5.73 Å². The molecule has 94 valence electrons. The molecule has 0 aliphatic heterocycles. The van der Waals surface area contributed by atoms with Crippen molar-refractivity contribution in [3.8, 4) is 11.1 Å². The van der Waals surface area contributed by atoms with Crippen LogP contribution in [0.2, 0.25) is 0 Å². The van der Waals surface area contributed by atoms with Crippen molar-refractivity contribution in [1.82, 2.24) is 4.98 Å². The Morgan fingerprint density at radius 2 is 1.83 bits per heavy atom. The Morgan fingerprint density at radius 3 is 2.44 bits per heavy atom. The highest BCUT2D eigenvalue weighted by atomic mass is 19.4. The smallest absolute Gasteiger partial charge is 0.398 e. The van der Waals surface area contributed by atoms with Crippen LogP contribution >= 0.6 is 0 Å². The van der Waals surface area contributed by atoms with Gasteiger partial charge in [-0.25, -0.2) is 0 Å². The van der Waals surface area contributed by atoms with Crippen molar-refractivity contribution in [3.05, 3.63) is 47.8 Å². The van der Waals surface area contributed by atoms with Gasteiger partial charge in [-0.05, 0) is 36.8 Å². The monoisotopic (exact) mass is 252 g/mol. The largest absolute Gasteiger partial charge is 0.416 e. The number of aryl methyl sites for hydroxylation is 1. The minimum Gasteiger partial charge on any atom is -0.398 e. The molecule has 2 N–H and O–H groups in total. The molecule has 5 heteroatoms. The van der Waals surface area contributed by atoms with Crippen molar-refractivity contribution < 1.29 is 13.2 Å². The van der Waals surface area contributed by atoms with E-state index in [2.05, 4.69) is 4.98 Å². The van der Waals surface area contributed by atoms with Crippen molar-refractivity contribution in [2.75, 3.05) is 5.73 Å². The van der Waals surface area contributed by atoms with E-state index in [9.17, 15) is 13.2 Å². The maximum absolute atomic E-state index is 12.7. The van der Waals surface area contributed by atoms with Gasteiger partial charge in [0.25, 0.3) is 0 Å². The number of pyridine rings is 1. The Kier molecular flexibility index (Phi) is 2.98. The fourth-order valence-corrected chi connectivity index (χ4v) is 1.71. The van der Waals surface area contributed by atoms with Crippen molar-refractivity contribution in [2.24, 2.45) is 0 Å². The topological polar surface area (TPSA) is 38.9 Å². The minimum atomic E-state index is -4.38. The van der Waals surface area contributed by atoms with Gasteiger partial charge in [0, 0.05) is 29.2 Å². The van der Waals surface area contributed by atoms with Gasteiger partial charge in [-0.2, -0.15) is 13.2 Å². The standard InChI is InChI=1S/C13H11F3N2/c1-8-4-5-18-7-11(8)10-6-9(13(14,15)16)2-3-12(10)17/h2-7H,17H2,1H3. The second-order valence-electron chi connectivity index (χ2n) is 3.99. The molecule has 1 heterocycles. The molecule has 0 saturated carbocycles. The fraction of sp³-hybridized carbons (Fsp3) is 0.154. The molecule has 0 radical (unpaired) electrons. The third-order valence-corrected chi connectivity index (χ3v) is 2.71. The van der Waals surface area contributed by atoms with Crippen LogP contribution in [-0.4, -0.2) is 4.98 Å². The lowest BCUT2D eigenvalue weighted by Crippen LogP contribution is -2.06. The van der Waals surface area contributed by atoms with E-state index >= 15 is 0 Å². The van der Waals surface area contributed by atoms with Gasteiger partial charge in [0.15, 0.2) is 0 Å². The first-order valence-corrected chi connectivity index (χ1v) is 5.27. The highest BCUT2D eigenvalue weighted by Gasteiger charge is 2.31. The predicted molar refractivity (Wildman–Crippen MR) is 63.8 cm³/mol. The van der Waals surface area contributed by atoms with Gasteiger partial charge in [-0.15, -0.1) is 0 Å². The number of benzene rings is 1. The summed E-state index contributed by atoms with van der Waals surface area (Å²) in [6.45, 7) is 1.80. The molecule has 0 bridgehead atoms. The van der Waals surface area contributed by atoms with Crippen molar-refractivity contribution in [3.63, 3.8) is 0 Å². The van der Waals surface area contributed by atoms with Crippen LogP contribution in [0, 0.1) is 6.92 Å². The molecular formula is C13H11F3N2. The summed E-state index contributed by atoms with van der Waals surface area (Å²) in [4.78, 5) is 3.92. The van der Waals surface area contributed by atoms with Gasteiger partial charge >= 0.3 is 6.18 Å². The number of rotatable bonds is 1. The fourth-order valence-electron chi connectivity index (χ4n) is 1.71. The van der Waals surface area contributed by atoms with Crippen LogP contribution in [0.5, 0.6) is 0 Å². The molecule has 2 rings (SSSR count). The SMILES string of the molecule is Cc1ccncc1-c1cc(C(F)(F)F)ccc1N. The van der Waals surface area contributed by atoms with Gasteiger partial charge in [-0.3, -0.25) is 4.98 Å². The Bertz CT molecular complexity index is 577. The number of nitrogens with two attached hydrogens (primary N) is 1. The lowest BCUT2D eigenvalue weighted by atomic mass is 9.99. The number of alkyl halides is 3. The van der Waals surface area contributed by atoms with E-state index in [0.717, 1.165) is 17.7 Å². The quantitative estimate of drug-likeness (QED) is 0.786. The first-order valence-electron chi connectivity index (χ1n) is 5.27. The summed E-state index contributed by atoms with van der Waals surface area (Å²) in [5.41, 5.74) is 7.13. The van der Waals surface area contributed by atoms with E-state index in [1.165, 1.54) is 12.3 Å². The molecule has 2 aromatic rings. The number of hydrogen-bond acceptors (Lipinski definition) is 2. The number of aromatic nitrogens is 1. The lowest BCUT2D eigenvalue weighted by Gasteiger charge is -2.12. The average Bonchev–Trinajstić information content (AvgIpc) is 2.29. The van der Waals surface area contributed by atoms with Crippen LogP contribution in [0.3, 0.4) is 0 Å². The molecular weight excluding hydrogens is 241 g/mol. The van der Waals surface area contributed by atoms with Crippen molar-refractivity contribution in [2.45, 2.75) is 13.1 Å². The number of hydrogen-bond donors (Lipinski definition) is 1. The normalized spacial score (nSPS) is 11.6. The van der Waals surface area contributed by atoms with Gasteiger partial charge in [0.1, 0.15) is 0 Å².